The lowest BCUT2D eigenvalue weighted by Crippen LogP contribution is -2.55. The number of rotatable bonds is 2. The molecular weight excluding hydrogens is 256 g/mol. The minimum absolute atomic E-state index is 0.139. The third-order valence-electron chi connectivity index (χ3n) is 4.95. The topological polar surface area (TPSA) is 15.3 Å². The summed E-state index contributed by atoms with van der Waals surface area (Å²) in [6.07, 6.45) is 4.55. The Morgan fingerprint density at radius 3 is 2.67 bits per heavy atom. The number of benzene rings is 1. The molecule has 0 bridgehead atoms. The SMILES string of the molecule is C=C1C(C)(C)CC(C)=CC1(C)NN1CCc2ccccc21. The number of hydrazine groups is 1. The average molecular weight is 282 g/mol. The van der Waals surface area contributed by atoms with Gasteiger partial charge in [-0.25, -0.2) is 5.43 Å². The standard InChI is InChI=1S/C19H26N2/c1-14-12-18(3,4)15(2)19(5,13-14)20-21-11-10-16-8-6-7-9-17(16)21/h6-9,13,20H,2,10-12H2,1,3-5H3. The Morgan fingerprint density at radius 1 is 1.19 bits per heavy atom. The molecule has 1 aromatic rings. The molecule has 0 aromatic heterocycles. The van der Waals surface area contributed by atoms with E-state index in [4.69, 9.17) is 0 Å². The smallest absolute Gasteiger partial charge is 0.0739 e. The highest BCUT2D eigenvalue weighted by molar-refractivity contribution is 5.57. The lowest BCUT2D eigenvalue weighted by molar-refractivity contribution is 0.329. The third-order valence-corrected chi connectivity index (χ3v) is 4.95. The number of nitrogens with zero attached hydrogens (tertiary/aromatic N) is 1. The molecular formula is C19H26N2. The van der Waals surface area contributed by atoms with E-state index in [-0.39, 0.29) is 11.0 Å². The van der Waals surface area contributed by atoms with Gasteiger partial charge in [0.25, 0.3) is 0 Å². The van der Waals surface area contributed by atoms with Crippen LogP contribution in [-0.2, 0) is 6.42 Å². The summed E-state index contributed by atoms with van der Waals surface area (Å²) in [5.41, 5.74) is 9.15. The first-order chi connectivity index (χ1) is 9.82. The lowest BCUT2D eigenvalue weighted by atomic mass is 9.67. The zero-order chi connectivity index (χ0) is 15.3. The summed E-state index contributed by atoms with van der Waals surface area (Å²) in [6, 6.07) is 8.66. The summed E-state index contributed by atoms with van der Waals surface area (Å²) < 4.78 is 0. The predicted molar refractivity (Wildman–Crippen MR) is 90.3 cm³/mol. The molecule has 0 spiro atoms. The maximum Gasteiger partial charge on any atom is 0.0739 e. The van der Waals surface area contributed by atoms with Crippen molar-refractivity contribution in [2.75, 3.05) is 11.6 Å². The van der Waals surface area contributed by atoms with Crippen molar-refractivity contribution >= 4 is 5.69 Å². The van der Waals surface area contributed by atoms with Gasteiger partial charge in [-0.15, -0.1) is 0 Å². The Kier molecular flexibility index (Phi) is 3.25. The van der Waals surface area contributed by atoms with Crippen molar-refractivity contribution in [3.05, 3.63) is 53.6 Å². The monoisotopic (exact) mass is 282 g/mol. The minimum atomic E-state index is -0.177. The van der Waals surface area contributed by atoms with Gasteiger partial charge < -0.3 is 5.01 Å². The van der Waals surface area contributed by atoms with Crippen LogP contribution < -0.4 is 10.4 Å². The summed E-state index contributed by atoms with van der Waals surface area (Å²) in [6.45, 7) is 14.5. The highest BCUT2D eigenvalue weighted by Crippen LogP contribution is 2.44. The van der Waals surface area contributed by atoms with Crippen LogP contribution in [0.15, 0.2) is 48.1 Å². The van der Waals surface area contributed by atoms with Gasteiger partial charge in [0, 0.05) is 6.54 Å². The molecule has 0 saturated carbocycles. The maximum absolute atomic E-state index is 4.42. The van der Waals surface area contributed by atoms with E-state index in [9.17, 15) is 0 Å². The summed E-state index contributed by atoms with van der Waals surface area (Å²) in [5.74, 6) is 0. The molecule has 1 atom stereocenters. The normalized spacial score (nSPS) is 27.5. The quantitative estimate of drug-likeness (QED) is 0.816. The van der Waals surface area contributed by atoms with Gasteiger partial charge in [0.05, 0.1) is 11.2 Å². The number of hydrogen-bond acceptors (Lipinski definition) is 2. The van der Waals surface area contributed by atoms with E-state index in [1.807, 2.05) is 0 Å². The van der Waals surface area contributed by atoms with Crippen LogP contribution in [0.4, 0.5) is 5.69 Å². The van der Waals surface area contributed by atoms with Gasteiger partial charge in [-0.2, -0.15) is 0 Å². The van der Waals surface area contributed by atoms with Crippen molar-refractivity contribution in [3.63, 3.8) is 0 Å². The lowest BCUT2D eigenvalue weighted by Gasteiger charge is -2.46. The van der Waals surface area contributed by atoms with Crippen LogP contribution in [0.1, 0.15) is 39.7 Å². The van der Waals surface area contributed by atoms with Gasteiger partial charge in [0.15, 0.2) is 0 Å². The molecule has 1 N–H and O–H groups in total. The molecule has 0 amide bonds. The highest BCUT2D eigenvalue weighted by atomic mass is 15.5. The summed E-state index contributed by atoms with van der Waals surface area (Å²) in [7, 11) is 0. The molecule has 3 rings (SSSR count). The van der Waals surface area contributed by atoms with Gasteiger partial charge in [0.1, 0.15) is 0 Å². The molecule has 0 radical (unpaired) electrons. The second kappa shape index (κ2) is 4.74. The Labute approximate surface area is 128 Å². The molecule has 1 aliphatic carbocycles. The summed E-state index contributed by atoms with van der Waals surface area (Å²) in [4.78, 5) is 0. The zero-order valence-electron chi connectivity index (χ0n) is 13.7. The second-order valence-electron chi connectivity index (χ2n) is 7.37. The van der Waals surface area contributed by atoms with Crippen molar-refractivity contribution in [2.45, 2.75) is 46.1 Å². The van der Waals surface area contributed by atoms with E-state index in [1.165, 1.54) is 22.4 Å². The van der Waals surface area contributed by atoms with Gasteiger partial charge >= 0.3 is 0 Å². The van der Waals surface area contributed by atoms with E-state index in [2.05, 4.69) is 75.1 Å². The number of anilines is 1. The van der Waals surface area contributed by atoms with Crippen molar-refractivity contribution in [1.29, 1.82) is 0 Å². The Morgan fingerprint density at radius 2 is 1.90 bits per heavy atom. The van der Waals surface area contributed by atoms with Crippen molar-refractivity contribution in [3.8, 4) is 0 Å². The summed E-state index contributed by atoms with van der Waals surface area (Å²) in [5, 5.41) is 2.30. The molecule has 2 heteroatoms. The van der Waals surface area contributed by atoms with Crippen molar-refractivity contribution in [2.24, 2.45) is 5.41 Å². The molecule has 0 fully saturated rings. The number of hydrogen-bond donors (Lipinski definition) is 1. The first kappa shape index (κ1) is 14.4. The van der Waals surface area contributed by atoms with Gasteiger partial charge in [-0.1, -0.05) is 50.3 Å². The predicted octanol–water partition coefficient (Wildman–Crippen LogP) is 4.24. The number of para-hydroxylation sites is 1. The molecule has 21 heavy (non-hydrogen) atoms. The third kappa shape index (κ3) is 2.42. The maximum atomic E-state index is 4.42. The molecule has 1 heterocycles. The first-order valence-corrected chi connectivity index (χ1v) is 7.83. The largest absolute Gasteiger partial charge is 0.307 e. The Bertz CT molecular complexity index is 612. The van der Waals surface area contributed by atoms with E-state index >= 15 is 0 Å². The van der Waals surface area contributed by atoms with Gasteiger partial charge in [-0.05, 0) is 49.3 Å². The van der Waals surface area contributed by atoms with Gasteiger partial charge in [0.2, 0.25) is 0 Å². The van der Waals surface area contributed by atoms with Crippen LogP contribution in [-0.4, -0.2) is 12.1 Å². The zero-order valence-corrected chi connectivity index (χ0v) is 13.7. The van der Waals surface area contributed by atoms with Crippen molar-refractivity contribution < 1.29 is 0 Å². The van der Waals surface area contributed by atoms with Crippen LogP contribution in [0.5, 0.6) is 0 Å². The van der Waals surface area contributed by atoms with E-state index in [0.29, 0.717) is 0 Å². The molecule has 1 unspecified atom stereocenters. The van der Waals surface area contributed by atoms with E-state index in [0.717, 1.165) is 19.4 Å². The van der Waals surface area contributed by atoms with Gasteiger partial charge in [-0.3, -0.25) is 0 Å². The number of fused-ring (bicyclic) bond motifs is 1. The number of nitrogens with one attached hydrogen (secondary N) is 1. The van der Waals surface area contributed by atoms with Crippen LogP contribution in [0.2, 0.25) is 0 Å². The van der Waals surface area contributed by atoms with Crippen molar-refractivity contribution in [1.82, 2.24) is 5.43 Å². The molecule has 2 nitrogen and oxygen atoms in total. The number of allylic oxidation sites excluding steroid dienone is 1. The average Bonchev–Trinajstić information content (AvgIpc) is 2.79. The van der Waals surface area contributed by atoms with Crippen LogP contribution in [0, 0.1) is 5.41 Å². The second-order valence-corrected chi connectivity index (χ2v) is 7.37. The molecule has 2 aliphatic rings. The van der Waals surface area contributed by atoms with E-state index in [1.54, 1.807) is 0 Å². The fourth-order valence-corrected chi connectivity index (χ4v) is 3.97. The molecule has 1 aromatic carbocycles. The summed E-state index contributed by atoms with van der Waals surface area (Å²) >= 11 is 0. The Hall–Kier alpha value is -1.54. The minimum Gasteiger partial charge on any atom is -0.307 e. The van der Waals surface area contributed by atoms with E-state index < -0.39 is 0 Å². The molecule has 0 saturated heterocycles. The first-order valence-electron chi connectivity index (χ1n) is 7.83. The van der Waals surface area contributed by atoms with Crippen LogP contribution in [0.25, 0.3) is 0 Å². The van der Waals surface area contributed by atoms with Crippen LogP contribution in [0.3, 0.4) is 0 Å². The highest BCUT2D eigenvalue weighted by Gasteiger charge is 2.40. The van der Waals surface area contributed by atoms with Crippen LogP contribution >= 0.6 is 0 Å². The molecule has 112 valence electrons. The fourth-order valence-electron chi connectivity index (χ4n) is 3.97. The molecule has 1 aliphatic heterocycles. The Balaban J connectivity index is 1.91. The fraction of sp³-hybridized carbons (Fsp3) is 0.474.